The van der Waals surface area contributed by atoms with Crippen LogP contribution in [0.25, 0.3) is 0 Å². The Labute approximate surface area is 107 Å². The Kier molecular flexibility index (Phi) is 5.25. The van der Waals surface area contributed by atoms with E-state index in [0.29, 0.717) is 17.7 Å². The average Bonchev–Trinajstić information content (AvgIpc) is 2.27. The van der Waals surface area contributed by atoms with Gasteiger partial charge in [-0.15, -0.1) is 0 Å². The molecule has 0 fully saturated rings. The predicted molar refractivity (Wildman–Crippen MR) is 69.6 cm³/mol. The maximum absolute atomic E-state index is 13.2. The molecule has 3 N–H and O–H groups in total. The fourth-order valence-electron chi connectivity index (χ4n) is 1.66. The van der Waals surface area contributed by atoms with Crippen molar-refractivity contribution in [3.05, 3.63) is 35.1 Å². The van der Waals surface area contributed by atoms with E-state index in [1.54, 1.807) is 19.1 Å². The lowest BCUT2D eigenvalue weighted by Crippen LogP contribution is -2.37. The summed E-state index contributed by atoms with van der Waals surface area (Å²) in [6.45, 7) is 3.09. The molecule has 1 unspecified atom stereocenters. The number of benzene rings is 1. The maximum Gasteiger partial charge on any atom is 0.239 e. The normalized spacial score (nSPS) is 12.7. The van der Waals surface area contributed by atoms with Crippen LogP contribution in [0.2, 0.25) is 0 Å². The first-order valence-corrected chi connectivity index (χ1v) is 5.85. The maximum atomic E-state index is 13.2. The summed E-state index contributed by atoms with van der Waals surface area (Å²) in [4.78, 5) is 13.4. The molecule has 18 heavy (non-hydrogen) atoms. The molecule has 0 spiro atoms. The average molecular weight is 253 g/mol. The van der Waals surface area contributed by atoms with Gasteiger partial charge < -0.3 is 16.0 Å². The van der Waals surface area contributed by atoms with Gasteiger partial charge in [-0.05, 0) is 38.2 Å². The van der Waals surface area contributed by atoms with Crippen LogP contribution in [-0.2, 0) is 4.79 Å². The van der Waals surface area contributed by atoms with Crippen LogP contribution in [-0.4, -0.2) is 38.0 Å². The number of likely N-dealkylation sites (N-methyl/N-ethyl adjacent to an activating group) is 1. The van der Waals surface area contributed by atoms with Crippen LogP contribution in [0.5, 0.6) is 0 Å². The molecular weight excluding hydrogens is 233 g/mol. The fraction of sp³-hybridized carbons (Fsp3) is 0.462. The van der Waals surface area contributed by atoms with E-state index in [-0.39, 0.29) is 5.82 Å². The van der Waals surface area contributed by atoms with Gasteiger partial charge in [0.2, 0.25) is 5.91 Å². The highest BCUT2D eigenvalue weighted by Gasteiger charge is 2.17. The molecule has 1 aromatic rings. The van der Waals surface area contributed by atoms with Crippen molar-refractivity contribution in [2.45, 2.75) is 13.0 Å². The molecule has 0 radical (unpaired) electrons. The van der Waals surface area contributed by atoms with Crippen molar-refractivity contribution in [1.82, 2.24) is 10.2 Å². The van der Waals surface area contributed by atoms with Crippen molar-refractivity contribution in [1.29, 1.82) is 0 Å². The molecular formula is C13H20FN3O. The standard InChI is InChI=1S/C13H20FN3O/c1-9-8-10(4-5-11(9)14)12(13(15)18)16-6-7-17(2)3/h4-5,8,12,16H,6-7H2,1-3H3,(H2,15,18). The Hall–Kier alpha value is -1.46. The van der Waals surface area contributed by atoms with Gasteiger partial charge in [-0.1, -0.05) is 12.1 Å². The molecule has 1 aromatic carbocycles. The van der Waals surface area contributed by atoms with Crippen LogP contribution in [0, 0.1) is 12.7 Å². The van der Waals surface area contributed by atoms with Gasteiger partial charge >= 0.3 is 0 Å². The van der Waals surface area contributed by atoms with Crippen LogP contribution in [0.15, 0.2) is 18.2 Å². The molecule has 100 valence electrons. The molecule has 0 saturated carbocycles. The summed E-state index contributed by atoms with van der Waals surface area (Å²) in [5, 5.41) is 3.07. The number of nitrogens with zero attached hydrogens (tertiary/aromatic N) is 1. The van der Waals surface area contributed by atoms with E-state index in [1.165, 1.54) is 6.07 Å². The summed E-state index contributed by atoms with van der Waals surface area (Å²) in [5.41, 5.74) is 6.57. The molecule has 0 saturated heterocycles. The van der Waals surface area contributed by atoms with Gasteiger partial charge in [-0.25, -0.2) is 4.39 Å². The Morgan fingerprint density at radius 1 is 1.50 bits per heavy atom. The van der Waals surface area contributed by atoms with E-state index in [2.05, 4.69) is 5.32 Å². The minimum absolute atomic E-state index is 0.282. The smallest absolute Gasteiger partial charge is 0.239 e. The largest absolute Gasteiger partial charge is 0.368 e. The molecule has 0 aliphatic carbocycles. The van der Waals surface area contributed by atoms with Crippen LogP contribution < -0.4 is 11.1 Å². The lowest BCUT2D eigenvalue weighted by Gasteiger charge is -2.18. The van der Waals surface area contributed by atoms with E-state index in [0.717, 1.165) is 6.54 Å². The van der Waals surface area contributed by atoms with Gasteiger partial charge in [0.05, 0.1) is 0 Å². The summed E-state index contributed by atoms with van der Waals surface area (Å²) in [6, 6.07) is 4.01. The number of carbonyl (C=O) groups excluding carboxylic acids is 1. The van der Waals surface area contributed by atoms with E-state index >= 15 is 0 Å². The topological polar surface area (TPSA) is 58.4 Å². The van der Waals surface area contributed by atoms with Crippen LogP contribution in [0.4, 0.5) is 4.39 Å². The van der Waals surface area contributed by atoms with Gasteiger partial charge in [0.25, 0.3) is 0 Å². The lowest BCUT2D eigenvalue weighted by molar-refractivity contribution is -0.120. The second-order valence-electron chi connectivity index (χ2n) is 4.60. The first-order chi connectivity index (χ1) is 8.41. The number of aryl methyl sites for hydroxylation is 1. The molecule has 1 atom stereocenters. The number of hydrogen-bond acceptors (Lipinski definition) is 3. The highest BCUT2D eigenvalue weighted by atomic mass is 19.1. The van der Waals surface area contributed by atoms with Crippen molar-refractivity contribution in [3.8, 4) is 0 Å². The van der Waals surface area contributed by atoms with Crippen molar-refractivity contribution in [3.63, 3.8) is 0 Å². The first kappa shape index (κ1) is 14.6. The molecule has 0 aliphatic rings. The molecule has 4 nitrogen and oxygen atoms in total. The number of nitrogens with two attached hydrogens (primary N) is 1. The van der Waals surface area contributed by atoms with Crippen LogP contribution in [0.3, 0.4) is 0 Å². The van der Waals surface area contributed by atoms with Gasteiger partial charge in [-0.2, -0.15) is 0 Å². The quantitative estimate of drug-likeness (QED) is 0.789. The fourth-order valence-corrected chi connectivity index (χ4v) is 1.66. The molecule has 0 aromatic heterocycles. The SMILES string of the molecule is Cc1cc(C(NCCN(C)C)C(N)=O)ccc1F. The van der Waals surface area contributed by atoms with Crippen molar-refractivity contribution < 1.29 is 9.18 Å². The van der Waals surface area contributed by atoms with Crippen molar-refractivity contribution in [2.75, 3.05) is 27.2 Å². The number of hydrogen-bond donors (Lipinski definition) is 2. The minimum atomic E-state index is -0.579. The molecule has 0 bridgehead atoms. The summed E-state index contributed by atoms with van der Waals surface area (Å²) in [5.74, 6) is -0.741. The summed E-state index contributed by atoms with van der Waals surface area (Å²) >= 11 is 0. The van der Waals surface area contributed by atoms with E-state index in [1.807, 2.05) is 19.0 Å². The summed E-state index contributed by atoms with van der Waals surface area (Å²) in [6.07, 6.45) is 0. The highest BCUT2D eigenvalue weighted by Crippen LogP contribution is 2.16. The van der Waals surface area contributed by atoms with Gasteiger partial charge in [-0.3, -0.25) is 4.79 Å². The predicted octanol–water partition coefficient (Wildman–Crippen LogP) is 0.812. The monoisotopic (exact) mass is 253 g/mol. The second kappa shape index (κ2) is 6.47. The molecule has 1 amide bonds. The third kappa shape index (κ3) is 4.09. The lowest BCUT2D eigenvalue weighted by atomic mass is 10.0. The van der Waals surface area contributed by atoms with Gasteiger partial charge in [0.1, 0.15) is 11.9 Å². The second-order valence-corrected chi connectivity index (χ2v) is 4.60. The van der Waals surface area contributed by atoms with Crippen molar-refractivity contribution >= 4 is 5.91 Å². The van der Waals surface area contributed by atoms with E-state index < -0.39 is 11.9 Å². The zero-order chi connectivity index (χ0) is 13.7. The number of primary amides is 1. The Balaban J connectivity index is 2.78. The number of halogens is 1. The molecule has 0 aliphatic heterocycles. The van der Waals surface area contributed by atoms with Crippen LogP contribution in [0.1, 0.15) is 17.2 Å². The third-order valence-electron chi connectivity index (χ3n) is 2.71. The molecule has 5 heteroatoms. The van der Waals surface area contributed by atoms with Gasteiger partial charge in [0, 0.05) is 13.1 Å². The van der Waals surface area contributed by atoms with Crippen LogP contribution >= 0.6 is 0 Å². The zero-order valence-electron chi connectivity index (χ0n) is 11.0. The first-order valence-electron chi connectivity index (χ1n) is 5.85. The van der Waals surface area contributed by atoms with E-state index in [4.69, 9.17) is 5.73 Å². The number of rotatable bonds is 6. The molecule has 1 rings (SSSR count). The van der Waals surface area contributed by atoms with Gasteiger partial charge in [0.15, 0.2) is 0 Å². The number of nitrogens with one attached hydrogen (secondary N) is 1. The molecule has 0 heterocycles. The van der Waals surface area contributed by atoms with E-state index in [9.17, 15) is 9.18 Å². The Morgan fingerprint density at radius 3 is 2.67 bits per heavy atom. The Morgan fingerprint density at radius 2 is 2.17 bits per heavy atom. The number of carbonyl (C=O) groups is 1. The zero-order valence-corrected chi connectivity index (χ0v) is 11.0. The number of amides is 1. The third-order valence-corrected chi connectivity index (χ3v) is 2.71. The highest BCUT2D eigenvalue weighted by molar-refractivity contribution is 5.81. The minimum Gasteiger partial charge on any atom is -0.368 e. The van der Waals surface area contributed by atoms with Crippen molar-refractivity contribution in [2.24, 2.45) is 5.73 Å². The summed E-state index contributed by atoms with van der Waals surface area (Å²) < 4.78 is 13.2. The summed E-state index contributed by atoms with van der Waals surface area (Å²) in [7, 11) is 3.89. The Bertz CT molecular complexity index is 421.